The van der Waals surface area contributed by atoms with Crippen LogP contribution in [-0.4, -0.2) is 0 Å². The normalized spacial score (nSPS) is 15.1. The summed E-state index contributed by atoms with van der Waals surface area (Å²) < 4.78 is 0. The first-order chi connectivity index (χ1) is 12.7. The molecule has 1 aromatic rings. The molecule has 3 rings (SSSR count). The van der Waals surface area contributed by atoms with E-state index >= 15 is 0 Å². The van der Waals surface area contributed by atoms with E-state index in [0.29, 0.717) is 0 Å². The van der Waals surface area contributed by atoms with Crippen LogP contribution in [0.1, 0.15) is 71.6 Å². The molecule has 1 aromatic carbocycles. The van der Waals surface area contributed by atoms with Gasteiger partial charge in [0.2, 0.25) is 0 Å². The topological polar surface area (TPSA) is 0 Å². The van der Waals surface area contributed by atoms with Gasteiger partial charge in [0.15, 0.2) is 0 Å². The third kappa shape index (κ3) is 8.92. The quantitative estimate of drug-likeness (QED) is 0.286. The Labute approximate surface area is 190 Å². The minimum absolute atomic E-state index is 0. The molecule has 0 saturated heterocycles. The second-order valence-electron chi connectivity index (χ2n) is 7.15. The summed E-state index contributed by atoms with van der Waals surface area (Å²) in [5, 5.41) is 0.794. The minimum atomic E-state index is 0. The molecule has 0 bridgehead atoms. The molecule has 2 aliphatic rings. The van der Waals surface area contributed by atoms with E-state index in [-0.39, 0.29) is 25.8 Å². The fourth-order valence-corrected chi connectivity index (χ4v) is 3.63. The Hall–Kier alpha value is -0.660. The Bertz CT molecular complexity index is 625. The van der Waals surface area contributed by atoms with Crippen LogP contribution in [0.2, 0.25) is 5.02 Å². The molecular weight excluding hydrogens is 514 g/mol. The van der Waals surface area contributed by atoms with Crippen LogP contribution in [0.15, 0.2) is 76.9 Å². The predicted molar refractivity (Wildman–Crippen MR) is 117 cm³/mol. The maximum atomic E-state index is 5.54. The van der Waals surface area contributed by atoms with Gasteiger partial charge < -0.3 is 0 Å². The first-order valence-corrected chi connectivity index (χ1v) is 10.6. The summed E-state index contributed by atoms with van der Waals surface area (Å²) in [5.74, 6) is 0. The Kier molecular flexibility index (Phi) is 13.0. The van der Waals surface area contributed by atoms with Crippen molar-refractivity contribution in [3.8, 4) is 0 Å². The average molecular weight is 547 g/mol. The van der Waals surface area contributed by atoms with Crippen molar-refractivity contribution >= 4 is 11.6 Å². The zero-order valence-corrected chi connectivity index (χ0v) is 21.3. The fourth-order valence-electron chi connectivity index (χ4n) is 3.48. The van der Waals surface area contributed by atoms with Crippen LogP contribution in [0.5, 0.6) is 0 Å². The van der Waals surface area contributed by atoms with Crippen molar-refractivity contribution in [3.63, 3.8) is 0 Å². The monoisotopic (exact) mass is 548 g/mol. The molecule has 144 valence electrons. The number of allylic oxidation sites excluding steroid dienone is 8. The van der Waals surface area contributed by atoms with E-state index in [4.69, 9.17) is 11.6 Å². The Morgan fingerprint density at radius 1 is 0.778 bits per heavy atom. The van der Waals surface area contributed by atoms with Gasteiger partial charge in [0.05, 0.1) is 0 Å². The van der Waals surface area contributed by atoms with Crippen LogP contribution in [0.3, 0.4) is 0 Å². The van der Waals surface area contributed by atoms with Gasteiger partial charge in [0.1, 0.15) is 0 Å². The zero-order valence-electron chi connectivity index (χ0n) is 16.9. The van der Waals surface area contributed by atoms with Gasteiger partial charge in [-0.1, -0.05) is 91.9 Å². The smallest absolute Gasteiger partial charge is 0.0405 e. The summed E-state index contributed by atoms with van der Waals surface area (Å²) >= 11 is 5.54. The van der Waals surface area contributed by atoms with Gasteiger partial charge in [-0.05, 0) is 68.2 Å². The Balaban J connectivity index is 0.000000385. The van der Waals surface area contributed by atoms with E-state index in [1.165, 1.54) is 57.8 Å². The standard InChI is InChI=1S/C19H28.C6H5Cl.Hf/c1-3-5-9-16-11-7-13-18(16)15-19-14-8-12-17(19)10-6-4-2;7-6-4-2-1-3-5-6;/h7-8,11-12H,3-6,9-10,13-15H2,1-2H3;1-5H;. The molecule has 0 N–H and O–H groups in total. The van der Waals surface area contributed by atoms with Gasteiger partial charge in [0.25, 0.3) is 0 Å². The second kappa shape index (κ2) is 14.4. The molecule has 0 fully saturated rings. The Morgan fingerprint density at radius 2 is 1.26 bits per heavy atom. The van der Waals surface area contributed by atoms with Crippen LogP contribution in [-0.2, 0) is 25.8 Å². The number of hydrogen-bond donors (Lipinski definition) is 0. The molecular formula is C25H33ClHf. The number of benzene rings is 1. The van der Waals surface area contributed by atoms with Gasteiger partial charge in [-0.3, -0.25) is 0 Å². The molecule has 0 aliphatic heterocycles. The van der Waals surface area contributed by atoms with Gasteiger partial charge in [-0.25, -0.2) is 0 Å². The van der Waals surface area contributed by atoms with Gasteiger partial charge in [-0.2, -0.15) is 0 Å². The number of hydrogen-bond acceptors (Lipinski definition) is 0. The van der Waals surface area contributed by atoms with E-state index < -0.39 is 0 Å². The summed E-state index contributed by atoms with van der Waals surface area (Å²) in [7, 11) is 0. The van der Waals surface area contributed by atoms with E-state index in [9.17, 15) is 0 Å². The van der Waals surface area contributed by atoms with Gasteiger partial charge >= 0.3 is 0 Å². The van der Waals surface area contributed by atoms with E-state index in [2.05, 4.69) is 38.2 Å². The van der Waals surface area contributed by atoms with Crippen molar-refractivity contribution in [2.24, 2.45) is 0 Å². The number of halogens is 1. The molecule has 0 amide bonds. The Morgan fingerprint density at radius 3 is 1.63 bits per heavy atom. The van der Waals surface area contributed by atoms with Crippen molar-refractivity contribution in [1.29, 1.82) is 0 Å². The molecule has 0 aromatic heterocycles. The molecule has 0 spiro atoms. The summed E-state index contributed by atoms with van der Waals surface area (Å²) in [5.41, 5.74) is 6.66. The second-order valence-corrected chi connectivity index (χ2v) is 7.59. The average Bonchev–Trinajstić information content (AvgIpc) is 3.29. The fraction of sp³-hybridized carbons (Fsp3) is 0.440. The van der Waals surface area contributed by atoms with E-state index in [0.717, 1.165) is 5.02 Å². The molecule has 27 heavy (non-hydrogen) atoms. The first kappa shape index (κ1) is 24.4. The zero-order chi connectivity index (χ0) is 18.6. The molecule has 0 heterocycles. The van der Waals surface area contributed by atoms with Gasteiger partial charge in [0, 0.05) is 30.9 Å². The summed E-state index contributed by atoms with van der Waals surface area (Å²) in [4.78, 5) is 0. The van der Waals surface area contributed by atoms with Gasteiger partial charge in [-0.15, -0.1) is 0 Å². The maximum absolute atomic E-state index is 5.54. The van der Waals surface area contributed by atoms with Crippen molar-refractivity contribution in [3.05, 3.63) is 82.0 Å². The first-order valence-electron chi connectivity index (χ1n) is 10.2. The summed E-state index contributed by atoms with van der Waals surface area (Å²) in [6.45, 7) is 4.57. The number of unbranched alkanes of at least 4 members (excludes halogenated alkanes) is 2. The largest absolute Gasteiger partial charge is 0.0843 e. The molecule has 0 radical (unpaired) electrons. The molecule has 0 atom stereocenters. The van der Waals surface area contributed by atoms with E-state index in [1.807, 2.05) is 30.3 Å². The minimum Gasteiger partial charge on any atom is -0.0843 e. The predicted octanol–water partition coefficient (Wildman–Crippen LogP) is 8.61. The van der Waals surface area contributed by atoms with Crippen LogP contribution in [0, 0.1) is 0 Å². The number of rotatable bonds is 8. The molecule has 0 nitrogen and oxygen atoms in total. The summed E-state index contributed by atoms with van der Waals surface area (Å²) in [6, 6.07) is 9.44. The summed E-state index contributed by atoms with van der Waals surface area (Å²) in [6.07, 6.45) is 20.9. The maximum Gasteiger partial charge on any atom is 0.0405 e. The molecule has 2 aliphatic carbocycles. The molecule has 2 heteroatoms. The SMILES string of the molecule is CCCCC1=C(CC2=C(CCCC)C=CC2)CC=C1.Clc1ccccc1.[Hf]. The molecule has 0 saturated carbocycles. The van der Waals surface area contributed by atoms with Crippen molar-refractivity contribution in [2.45, 2.75) is 71.6 Å². The third-order valence-corrected chi connectivity index (χ3v) is 5.29. The molecule has 0 unspecified atom stereocenters. The van der Waals surface area contributed by atoms with Crippen LogP contribution >= 0.6 is 11.6 Å². The van der Waals surface area contributed by atoms with Crippen LogP contribution in [0.25, 0.3) is 0 Å². The third-order valence-electron chi connectivity index (χ3n) is 5.03. The van der Waals surface area contributed by atoms with Crippen molar-refractivity contribution < 1.29 is 25.8 Å². The van der Waals surface area contributed by atoms with Crippen molar-refractivity contribution in [2.75, 3.05) is 0 Å². The van der Waals surface area contributed by atoms with Crippen LogP contribution in [0.4, 0.5) is 0 Å². The van der Waals surface area contributed by atoms with Crippen LogP contribution < -0.4 is 0 Å². The van der Waals surface area contributed by atoms with Crippen molar-refractivity contribution in [1.82, 2.24) is 0 Å². The van der Waals surface area contributed by atoms with E-state index in [1.54, 1.807) is 22.3 Å².